The van der Waals surface area contributed by atoms with Crippen LogP contribution in [-0.2, 0) is 11.3 Å². The van der Waals surface area contributed by atoms with Crippen molar-refractivity contribution in [2.75, 3.05) is 4.90 Å². The Bertz CT molecular complexity index is 780. The number of ketones is 1. The van der Waals surface area contributed by atoms with E-state index in [1.165, 1.54) is 17.0 Å². The standard InChI is InChI=1S/C14H7Br2FN2O2/c15-8-1-7(4-18-5-8)6-19-12-3-11(17)10(16)2-9(12)13(20)14(19)21/h1-5H,6H2. The van der Waals surface area contributed by atoms with Gasteiger partial charge in [-0.1, -0.05) is 0 Å². The van der Waals surface area contributed by atoms with E-state index >= 15 is 0 Å². The summed E-state index contributed by atoms with van der Waals surface area (Å²) < 4.78 is 14.6. The quantitative estimate of drug-likeness (QED) is 0.708. The molecule has 0 unspecified atom stereocenters. The number of Topliss-reactive ketones (excluding diaryl/α,β-unsaturated/α-hetero) is 1. The van der Waals surface area contributed by atoms with Crippen LogP contribution >= 0.6 is 31.9 Å². The molecule has 0 spiro atoms. The molecule has 0 saturated carbocycles. The Morgan fingerprint density at radius 2 is 1.90 bits per heavy atom. The molecule has 0 saturated heterocycles. The number of carbonyl (C=O) groups is 2. The van der Waals surface area contributed by atoms with Crippen LogP contribution in [-0.4, -0.2) is 16.7 Å². The Morgan fingerprint density at radius 1 is 1.14 bits per heavy atom. The van der Waals surface area contributed by atoms with Crippen LogP contribution in [0.25, 0.3) is 0 Å². The fraction of sp³-hybridized carbons (Fsp3) is 0.0714. The number of nitrogens with zero attached hydrogens (tertiary/aromatic N) is 2. The SMILES string of the molecule is O=C1C(=O)N(Cc2cncc(Br)c2)c2cc(F)c(Br)cc21. The van der Waals surface area contributed by atoms with Crippen molar-refractivity contribution in [2.45, 2.75) is 6.54 Å². The minimum atomic E-state index is -0.664. The number of halogens is 3. The molecule has 0 aliphatic carbocycles. The summed E-state index contributed by atoms with van der Waals surface area (Å²) in [5, 5.41) is 0. The van der Waals surface area contributed by atoms with E-state index in [1.807, 2.05) is 0 Å². The van der Waals surface area contributed by atoms with E-state index < -0.39 is 17.5 Å². The first-order valence-electron chi connectivity index (χ1n) is 5.92. The average molecular weight is 414 g/mol. The van der Waals surface area contributed by atoms with E-state index in [0.29, 0.717) is 0 Å². The largest absolute Gasteiger partial charge is 0.300 e. The lowest BCUT2D eigenvalue weighted by molar-refractivity contribution is -0.114. The molecular weight excluding hydrogens is 407 g/mol. The monoisotopic (exact) mass is 412 g/mol. The van der Waals surface area contributed by atoms with Gasteiger partial charge in [0.25, 0.3) is 11.7 Å². The molecule has 0 fully saturated rings. The number of carbonyl (C=O) groups excluding carboxylic acids is 2. The summed E-state index contributed by atoms with van der Waals surface area (Å²) in [5.74, 6) is -1.82. The fourth-order valence-electron chi connectivity index (χ4n) is 2.17. The van der Waals surface area contributed by atoms with Gasteiger partial charge in [0.1, 0.15) is 5.82 Å². The highest BCUT2D eigenvalue weighted by atomic mass is 79.9. The maximum absolute atomic E-state index is 13.7. The molecule has 21 heavy (non-hydrogen) atoms. The van der Waals surface area contributed by atoms with E-state index in [2.05, 4.69) is 36.8 Å². The number of anilines is 1. The van der Waals surface area contributed by atoms with E-state index in [1.54, 1.807) is 18.5 Å². The number of amides is 1. The van der Waals surface area contributed by atoms with Crippen molar-refractivity contribution < 1.29 is 14.0 Å². The summed E-state index contributed by atoms with van der Waals surface area (Å²) in [6.45, 7) is 0.158. The molecule has 1 amide bonds. The molecule has 1 aliphatic heterocycles. The predicted octanol–water partition coefficient (Wildman–Crippen LogP) is 3.48. The molecule has 1 aromatic carbocycles. The smallest absolute Gasteiger partial charge is 0.299 e. The number of hydrogen-bond donors (Lipinski definition) is 0. The molecule has 4 nitrogen and oxygen atoms in total. The van der Waals surface area contributed by atoms with Crippen LogP contribution in [0, 0.1) is 5.82 Å². The second kappa shape index (κ2) is 5.31. The minimum absolute atomic E-state index is 0.158. The van der Waals surface area contributed by atoms with Crippen molar-refractivity contribution in [3.8, 4) is 0 Å². The summed E-state index contributed by atoms with van der Waals surface area (Å²) in [6.07, 6.45) is 3.21. The lowest BCUT2D eigenvalue weighted by Crippen LogP contribution is -2.29. The van der Waals surface area contributed by atoms with Gasteiger partial charge in [0.05, 0.1) is 22.3 Å². The zero-order valence-corrected chi connectivity index (χ0v) is 13.6. The molecule has 1 aromatic heterocycles. The van der Waals surface area contributed by atoms with E-state index in [0.717, 1.165) is 10.0 Å². The van der Waals surface area contributed by atoms with Gasteiger partial charge in [-0.15, -0.1) is 0 Å². The third-order valence-corrected chi connectivity index (χ3v) is 4.16. The lowest BCUT2D eigenvalue weighted by Gasteiger charge is -2.16. The molecule has 0 N–H and O–H groups in total. The lowest BCUT2D eigenvalue weighted by atomic mass is 10.1. The second-order valence-electron chi connectivity index (χ2n) is 4.52. The predicted molar refractivity (Wildman–Crippen MR) is 81.6 cm³/mol. The third-order valence-electron chi connectivity index (χ3n) is 3.12. The van der Waals surface area contributed by atoms with Gasteiger partial charge in [0, 0.05) is 16.9 Å². The molecule has 0 bridgehead atoms. The van der Waals surface area contributed by atoms with Crippen LogP contribution in [0.15, 0.2) is 39.5 Å². The fourth-order valence-corrected chi connectivity index (χ4v) is 2.93. The highest BCUT2D eigenvalue weighted by Crippen LogP contribution is 2.34. The Balaban J connectivity index is 2.03. The Labute approximate surface area is 136 Å². The molecule has 0 atom stereocenters. The van der Waals surface area contributed by atoms with Crippen molar-refractivity contribution in [3.63, 3.8) is 0 Å². The number of pyridine rings is 1. The average Bonchev–Trinajstić information content (AvgIpc) is 2.65. The van der Waals surface area contributed by atoms with Crippen LogP contribution in [0.3, 0.4) is 0 Å². The van der Waals surface area contributed by atoms with E-state index in [-0.39, 0.29) is 22.3 Å². The summed E-state index contributed by atoms with van der Waals surface area (Å²) in [6, 6.07) is 4.32. The zero-order valence-electron chi connectivity index (χ0n) is 10.4. The van der Waals surface area contributed by atoms with Crippen molar-refractivity contribution in [1.82, 2.24) is 4.98 Å². The van der Waals surface area contributed by atoms with Crippen molar-refractivity contribution in [3.05, 3.63) is 56.5 Å². The number of benzene rings is 1. The summed E-state index contributed by atoms with van der Waals surface area (Å²) in [4.78, 5) is 29.3. The Hall–Kier alpha value is -1.60. The molecule has 1 aliphatic rings. The highest BCUT2D eigenvalue weighted by molar-refractivity contribution is 9.10. The van der Waals surface area contributed by atoms with Crippen molar-refractivity contribution in [1.29, 1.82) is 0 Å². The van der Waals surface area contributed by atoms with Gasteiger partial charge in [-0.3, -0.25) is 14.6 Å². The first-order chi connectivity index (χ1) is 9.97. The molecule has 7 heteroatoms. The van der Waals surface area contributed by atoms with Crippen LogP contribution in [0.4, 0.5) is 10.1 Å². The van der Waals surface area contributed by atoms with E-state index in [4.69, 9.17) is 0 Å². The van der Waals surface area contributed by atoms with Crippen molar-refractivity contribution in [2.24, 2.45) is 0 Å². The molecule has 2 aromatic rings. The number of aromatic nitrogens is 1. The first-order valence-corrected chi connectivity index (χ1v) is 7.50. The molecule has 106 valence electrons. The summed E-state index contributed by atoms with van der Waals surface area (Å²) in [7, 11) is 0. The molecule has 0 radical (unpaired) electrons. The summed E-state index contributed by atoms with van der Waals surface area (Å²) >= 11 is 6.31. The molecule has 2 heterocycles. The van der Waals surface area contributed by atoms with Gasteiger partial charge in [0.2, 0.25) is 0 Å². The van der Waals surface area contributed by atoms with Gasteiger partial charge >= 0.3 is 0 Å². The van der Waals surface area contributed by atoms with Crippen LogP contribution in [0.5, 0.6) is 0 Å². The maximum atomic E-state index is 13.7. The van der Waals surface area contributed by atoms with Gasteiger partial charge in [-0.2, -0.15) is 0 Å². The second-order valence-corrected chi connectivity index (χ2v) is 6.29. The van der Waals surface area contributed by atoms with Crippen LogP contribution in [0.2, 0.25) is 0 Å². The number of fused-ring (bicyclic) bond motifs is 1. The maximum Gasteiger partial charge on any atom is 0.299 e. The molecular formula is C14H7Br2FN2O2. The highest BCUT2D eigenvalue weighted by Gasteiger charge is 2.36. The van der Waals surface area contributed by atoms with Gasteiger partial charge in [0.15, 0.2) is 0 Å². The van der Waals surface area contributed by atoms with Gasteiger partial charge < -0.3 is 4.90 Å². The Morgan fingerprint density at radius 3 is 2.62 bits per heavy atom. The topological polar surface area (TPSA) is 50.3 Å². The van der Waals surface area contributed by atoms with Crippen LogP contribution < -0.4 is 4.90 Å². The van der Waals surface area contributed by atoms with Gasteiger partial charge in [-0.05, 0) is 55.6 Å². The normalized spacial score (nSPS) is 13.8. The van der Waals surface area contributed by atoms with Crippen molar-refractivity contribution >= 4 is 49.2 Å². The van der Waals surface area contributed by atoms with Gasteiger partial charge in [-0.25, -0.2) is 4.39 Å². The number of rotatable bonds is 2. The minimum Gasteiger partial charge on any atom is -0.300 e. The zero-order chi connectivity index (χ0) is 15.1. The first kappa shape index (κ1) is 14.3. The number of hydrogen-bond acceptors (Lipinski definition) is 3. The van der Waals surface area contributed by atoms with Crippen LogP contribution in [0.1, 0.15) is 15.9 Å². The third kappa shape index (κ3) is 2.51. The van der Waals surface area contributed by atoms with E-state index in [9.17, 15) is 14.0 Å². The Kier molecular flexibility index (Phi) is 3.62. The molecule has 3 rings (SSSR count). The summed E-state index contributed by atoms with van der Waals surface area (Å²) in [5.41, 5.74) is 1.23.